The molecule has 2 aromatic rings. The molecule has 26 heavy (non-hydrogen) atoms. The van der Waals surface area contributed by atoms with Gasteiger partial charge in [-0.2, -0.15) is 8.78 Å². The molecule has 0 aliphatic heterocycles. The molecule has 0 unspecified atom stereocenters. The van der Waals surface area contributed by atoms with E-state index in [4.69, 9.17) is 4.74 Å². The van der Waals surface area contributed by atoms with E-state index in [2.05, 4.69) is 4.74 Å². The zero-order chi connectivity index (χ0) is 19.1. The smallest absolute Gasteiger partial charge is 0.387 e. The van der Waals surface area contributed by atoms with Crippen molar-refractivity contribution in [1.82, 2.24) is 4.90 Å². The highest BCUT2D eigenvalue weighted by molar-refractivity contribution is 5.91. The highest BCUT2D eigenvalue weighted by Crippen LogP contribution is 2.16. The number of benzene rings is 2. The van der Waals surface area contributed by atoms with Gasteiger partial charge in [0.25, 0.3) is 5.91 Å². The number of rotatable bonds is 7. The number of phenolic OH excluding ortho intramolecular Hbond substituents is 1. The van der Waals surface area contributed by atoms with Gasteiger partial charge < -0.3 is 19.5 Å². The first-order chi connectivity index (χ1) is 12.3. The number of phenols is 1. The molecule has 0 aromatic heterocycles. The summed E-state index contributed by atoms with van der Waals surface area (Å²) in [5, 5.41) is 9.17. The van der Waals surface area contributed by atoms with Crippen molar-refractivity contribution in [3.05, 3.63) is 59.7 Å². The highest BCUT2D eigenvalue weighted by atomic mass is 19.3. The van der Waals surface area contributed by atoms with Crippen LogP contribution in [0.5, 0.6) is 11.5 Å². The van der Waals surface area contributed by atoms with Crippen molar-refractivity contribution in [2.45, 2.75) is 13.2 Å². The van der Waals surface area contributed by atoms with E-state index < -0.39 is 25.1 Å². The molecular weight excluding hydrogens is 348 g/mol. The van der Waals surface area contributed by atoms with Gasteiger partial charge in [0.05, 0.1) is 5.56 Å². The monoisotopic (exact) mass is 365 g/mol. The first-order valence-corrected chi connectivity index (χ1v) is 7.59. The average Bonchev–Trinajstić information content (AvgIpc) is 2.61. The van der Waals surface area contributed by atoms with E-state index in [1.54, 1.807) is 12.1 Å². The molecule has 6 nitrogen and oxygen atoms in total. The van der Waals surface area contributed by atoms with Gasteiger partial charge in [0.1, 0.15) is 11.5 Å². The topological polar surface area (TPSA) is 76.1 Å². The number of likely N-dealkylation sites (N-methyl/N-ethyl adjacent to an activating group) is 1. The van der Waals surface area contributed by atoms with Gasteiger partial charge in [-0.15, -0.1) is 0 Å². The Bertz CT molecular complexity index is 747. The van der Waals surface area contributed by atoms with Gasteiger partial charge in [-0.25, -0.2) is 4.79 Å². The van der Waals surface area contributed by atoms with Crippen LogP contribution in [0.3, 0.4) is 0 Å². The number of amides is 1. The molecule has 0 aliphatic carbocycles. The Morgan fingerprint density at radius 1 is 1.08 bits per heavy atom. The molecule has 8 heteroatoms. The lowest BCUT2D eigenvalue weighted by molar-refractivity contribution is -0.133. The van der Waals surface area contributed by atoms with E-state index in [1.165, 1.54) is 48.3 Å². The molecule has 1 N–H and O–H groups in total. The SMILES string of the molecule is CN(Cc1ccc(OC(F)F)cc1)C(=O)COC(=O)c1ccc(O)cc1. The van der Waals surface area contributed by atoms with E-state index in [1.807, 2.05) is 0 Å². The molecule has 0 saturated heterocycles. The number of hydrogen-bond donors (Lipinski definition) is 1. The number of nitrogens with zero attached hydrogens (tertiary/aromatic N) is 1. The molecule has 2 rings (SSSR count). The molecule has 0 radical (unpaired) electrons. The summed E-state index contributed by atoms with van der Waals surface area (Å²) in [6.07, 6.45) is 0. The molecule has 138 valence electrons. The summed E-state index contributed by atoms with van der Waals surface area (Å²) in [7, 11) is 1.53. The van der Waals surface area contributed by atoms with Gasteiger partial charge in [-0.3, -0.25) is 4.79 Å². The van der Waals surface area contributed by atoms with E-state index in [-0.39, 0.29) is 23.6 Å². The first kappa shape index (κ1) is 19.2. The Hall–Kier alpha value is -3.16. The summed E-state index contributed by atoms with van der Waals surface area (Å²) >= 11 is 0. The van der Waals surface area contributed by atoms with Gasteiger partial charge in [0.2, 0.25) is 0 Å². The third kappa shape index (κ3) is 5.73. The van der Waals surface area contributed by atoms with Crippen molar-refractivity contribution in [3.8, 4) is 11.5 Å². The minimum Gasteiger partial charge on any atom is -0.508 e. The number of ether oxygens (including phenoxy) is 2. The predicted octanol–water partition coefficient (Wildman–Crippen LogP) is 2.81. The third-order valence-electron chi connectivity index (χ3n) is 3.42. The van der Waals surface area contributed by atoms with Crippen molar-refractivity contribution in [1.29, 1.82) is 0 Å². The lowest BCUT2D eigenvalue weighted by Crippen LogP contribution is -2.30. The second kappa shape index (κ2) is 8.80. The second-order valence-electron chi connectivity index (χ2n) is 5.40. The lowest BCUT2D eigenvalue weighted by Gasteiger charge is -2.17. The van der Waals surface area contributed by atoms with Crippen LogP contribution in [0, 0.1) is 0 Å². The Morgan fingerprint density at radius 3 is 2.27 bits per heavy atom. The summed E-state index contributed by atoms with van der Waals surface area (Å²) in [4.78, 5) is 25.2. The standard InChI is InChI=1S/C18H17F2NO5/c1-21(10-12-2-8-15(9-3-12)26-18(19)20)16(23)11-25-17(24)13-4-6-14(22)7-5-13/h2-9,18,22H,10-11H2,1H3. The number of carbonyl (C=O) groups is 2. The fraction of sp³-hybridized carbons (Fsp3) is 0.222. The van der Waals surface area contributed by atoms with Crippen molar-refractivity contribution in [3.63, 3.8) is 0 Å². The molecule has 0 spiro atoms. The molecule has 1 amide bonds. The largest absolute Gasteiger partial charge is 0.508 e. The Morgan fingerprint density at radius 2 is 1.69 bits per heavy atom. The van der Waals surface area contributed by atoms with Crippen molar-refractivity contribution in [2.75, 3.05) is 13.7 Å². The molecule has 0 atom stereocenters. The maximum absolute atomic E-state index is 12.1. The molecule has 0 bridgehead atoms. The Balaban J connectivity index is 1.83. The van der Waals surface area contributed by atoms with Gasteiger partial charge in [0, 0.05) is 13.6 Å². The molecule has 0 saturated carbocycles. The van der Waals surface area contributed by atoms with Crippen molar-refractivity contribution >= 4 is 11.9 Å². The fourth-order valence-corrected chi connectivity index (χ4v) is 2.06. The van der Waals surface area contributed by atoms with Crippen LogP contribution < -0.4 is 4.74 Å². The van der Waals surface area contributed by atoms with Crippen LogP contribution in [-0.2, 0) is 16.1 Å². The van der Waals surface area contributed by atoms with Gasteiger partial charge in [-0.1, -0.05) is 12.1 Å². The fourth-order valence-electron chi connectivity index (χ4n) is 2.06. The zero-order valence-corrected chi connectivity index (χ0v) is 13.9. The van der Waals surface area contributed by atoms with Crippen LogP contribution in [0.2, 0.25) is 0 Å². The maximum atomic E-state index is 12.1. The van der Waals surface area contributed by atoms with Crippen LogP contribution in [-0.4, -0.2) is 42.1 Å². The summed E-state index contributed by atoms with van der Waals surface area (Å²) < 4.78 is 33.4. The normalized spacial score (nSPS) is 10.5. The lowest BCUT2D eigenvalue weighted by atomic mass is 10.2. The van der Waals surface area contributed by atoms with E-state index in [0.29, 0.717) is 5.56 Å². The Kier molecular flexibility index (Phi) is 6.48. The van der Waals surface area contributed by atoms with Crippen LogP contribution in [0.4, 0.5) is 8.78 Å². The summed E-state index contributed by atoms with van der Waals surface area (Å²) in [5.74, 6) is -1.06. The number of halogens is 2. The second-order valence-corrected chi connectivity index (χ2v) is 5.40. The van der Waals surface area contributed by atoms with Gasteiger partial charge in [-0.05, 0) is 42.0 Å². The zero-order valence-electron chi connectivity index (χ0n) is 13.9. The van der Waals surface area contributed by atoms with E-state index in [9.17, 15) is 23.5 Å². The quantitative estimate of drug-likeness (QED) is 0.764. The molecular formula is C18H17F2NO5. The minimum absolute atomic E-state index is 0.0160. The van der Waals surface area contributed by atoms with Crippen LogP contribution in [0.15, 0.2) is 48.5 Å². The van der Waals surface area contributed by atoms with Crippen LogP contribution in [0.1, 0.15) is 15.9 Å². The molecule has 0 fully saturated rings. The van der Waals surface area contributed by atoms with Crippen molar-refractivity contribution < 1.29 is 33.0 Å². The third-order valence-corrected chi connectivity index (χ3v) is 3.42. The van der Waals surface area contributed by atoms with Crippen molar-refractivity contribution in [2.24, 2.45) is 0 Å². The summed E-state index contributed by atoms with van der Waals surface area (Å²) in [5.41, 5.74) is 0.917. The maximum Gasteiger partial charge on any atom is 0.387 e. The minimum atomic E-state index is -2.90. The number of esters is 1. The van der Waals surface area contributed by atoms with E-state index in [0.717, 1.165) is 0 Å². The number of carbonyl (C=O) groups excluding carboxylic acids is 2. The summed E-state index contributed by atoms with van der Waals surface area (Å²) in [6.45, 7) is -3.12. The highest BCUT2D eigenvalue weighted by Gasteiger charge is 2.14. The number of hydrogen-bond acceptors (Lipinski definition) is 5. The van der Waals surface area contributed by atoms with Crippen LogP contribution in [0.25, 0.3) is 0 Å². The molecule has 0 heterocycles. The van der Waals surface area contributed by atoms with Gasteiger partial charge in [0.15, 0.2) is 6.61 Å². The first-order valence-electron chi connectivity index (χ1n) is 7.59. The number of aromatic hydroxyl groups is 1. The molecule has 2 aromatic carbocycles. The Labute approximate surface area is 148 Å². The molecule has 0 aliphatic rings. The van der Waals surface area contributed by atoms with E-state index >= 15 is 0 Å². The van der Waals surface area contributed by atoms with Gasteiger partial charge >= 0.3 is 12.6 Å². The summed E-state index contributed by atoms with van der Waals surface area (Å²) in [6, 6.07) is 11.3. The number of alkyl halides is 2. The predicted molar refractivity (Wildman–Crippen MR) is 87.9 cm³/mol. The van der Waals surface area contributed by atoms with Crippen LogP contribution >= 0.6 is 0 Å². The average molecular weight is 365 g/mol.